The Morgan fingerprint density at radius 1 is 1.19 bits per heavy atom. The molecule has 8 nitrogen and oxygen atoms in total. The molecule has 0 fully saturated rings. The van der Waals surface area contributed by atoms with Gasteiger partial charge in [-0.15, -0.1) is 0 Å². The summed E-state index contributed by atoms with van der Waals surface area (Å²) in [6.07, 6.45) is 0. The van der Waals surface area contributed by atoms with Crippen LogP contribution in [0.3, 0.4) is 0 Å². The van der Waals surface area contributed by atoms with E-state index in [1.807, 2.05) is 0 Å². The summed E-state index contributed by atoms with van der Waals surface area (Å²) in [7, 11) is 0. The summed E-state index contributed by atoms with van der Waals surface area (Å²) in [4.78, 5) is 29.0. The molecule has 5 rings (SSSR count). The van der Waals surface area contributed by atoms with Gasteiger partial charge >= 0.3 is 0 Å². The second-order valence-corrected chi connectivity index (χ2v) is 6.98. The Morgan fingerprint density at radius 3 is 2.87 bits per heavy atom. The van der Waals surface area contributed by atoms with Crippen molar-refractivity contribution in [2.75, 3.05) is 17.2 Å². The van der Waals surface area contributed by atoms with Crippen LogP contribution in [0.1, 0.15) is 16.1 Å². The Morgan fingerprint density at radius 2 is 2.03 bits per heavy atom. The van der Waals surface area contributed by atoms with Crippen molar-refractivity contribution in [1.29, 1.82) is 0 Å². The molecule has 0 saturated heterocycles. The van der Waals surface area contributed by atoms with Gasteiger partial charge in [0.25, 0.3) is 17.5 Å². The van der Waals surface area contributed by atoms with Gasteiger partial charge in [0.05, 0.1) is 28.0 Å². The van der Waals surface area contributed by atoms with Crippen molar-refractivity contribution in [1.82, 2.24) is 10.1 Å². The van der Waals surface area contributed by atoms with Crippen LogP contribution in [0, 0.1) is 12.7 Å². The molecule has 3 heterocycles. The van der Waals surface area contributed by atoms with E-state index in [4.69, 9.17) is 9.26 Å². The van der Waals surface area contributed by atoms with Crippen molar-refractivity contribution >= 4 is 34.3 Å². The zero-order valence-electron chi connectivity index (χ0n) is 16.2. The van der Waals surface area contributed by atoms with Gasteiger partial charge in [-0.05, 0) is 43.3 Å². The third-order valence-electron chi connectivity index (χ3n) is 4.88. The summed E-state index contributed by atoms with van der Waals surface area (Å²) in [6, 6.07) is 12.6. The minimum absolute atomic E-state index is 0.0563. The van der Waals surface area contributed by atoms with E-state index in [1.165, 1.54) is 12.1 Å². The summed E-state index contributed by atoms with van der Waals surface area (Å²) in [5, 5.41) is 9.81. The van der Waals surface area contributed by atoms with Gasteiger partial charge in [0.1, 0.15) is 11.6 Å². The van der Waals surface area contributed by atoms with Gasteiger partial charge in [-0.2, -0.15) is 0 Å². The first kappa shape index (κ1) is 18.7. The van der Waals surface area contributed by atoms with Crippen molar-refractivity contribution < 1.29 is 23.2 Å². The molecular weight excluding hydrogens is 403 g/mol. The lowest BCUT2D eigenvalue weighted by atomic mass is 10.0. The fourth-order valence-electron chi connectivity index (χ4n) is 3.44. The topological polar surface area (TPSA) is 106 Å². The highest BCUT2D eigenvalue weighted by atomic mass is 19.1. The van der Waals surface area contributed by atoms with Crippen LogP contribution in [0.4, 0.5) is 15.8 Å². The molecule has 31 heavy (non-hydrogen) atoms. The van der Waals surface area contributed by atoms with E-state index in [2.05, 4.69) is 20.8 Å². The maximum atomic E-state index is 14.3. The summed E-state index contributed by atoms with van der Waals surface area (Å²) >= 11 is 0. The van der Waals surface area contributed by atoms with Crippen molar-refractivity contribution in [2.45, 2.75) is 6.92 Å². The molecule has 1 aliphatic rings. The second-order valence-electron chi connectivity index (χ2n) is 6.98. The molecule has 2 aromatic heterocycles. The number of amides is 2. The smallest absolute Gasteiger partial charge is 0.262 e. The Hall–Kier alpha value is -4.27. The van der Waals surface area contributed by atoms with Crippen molar-refractivity contribution in [3.05, 3.63) is 65.6 Å². The van der Waals surface area contributed by atoms with Gasteiger partial charge in [-0.1, -0.05) is 17.3 Å². The minimum Gasteiger partial charge on any atom is -0.482 e. The van der Waals surface area contributed by atoms with Crippen LogP contribution in [0.25, 0.3) is 22.4 Å². The van der Waals surface area contributed by atoms with Gasteiger partial charge in [0.2, 0.25) is 0 Å². The number of nitrogens with zero attached hydrogens (tertiary/aromatic N) is 2. The number of aryl methyl sites for hydroxylation is 1. The molecule has 0 atom stereocenters. The minimum atomic E-state index is -0.470. The number of pyridine rings is 1. The first-order valence-electron chi connectivity index (χ1n) is 9.39. The van der Waals surface area contributed by atoms with Crippen LogP contribution in [0.5, 0.6) is 5.75 Å². The molecule has 0 saturated carbocycles. The number of carbonyl (C=O) groups is 2. The zero-order chi connectivity index (χ0) is 21.5. The summed E-state index contributed by atoms with van der Waals surface area (Å²) in [5.41, 5.74) is 2.25. The third-order valence-corrected chi connectivity index (χ3v) is 4.88. The van der Waals surface area contributed by atoms with E-state index in [0.717, 1.165) is 0 Å². The Kier molecular flexibility index (Phi) is 4.36. The maximum Gasteiger partial charge on any atom is 0.262 e. The molecule has 2 amide bonds. The summed E-state index contributed by atoms with van der Waals surface area (Å²) < 4.78 is 24.9. The number of aromatic nitrogens is 2. The number of carbonyl (C=O) groups excluding carboxylic acids is 2. The van der Waals surface area contributed by atoms with Gasteiger partial charge < -0.3 is 19.9 Å². The quantitative estimate of drug-likeness (QED) is 0.522. The molecule has 2 N–H and O–H groups in total. The third kappa shape index (κ3) is 3.35. The highest BCUT2D eigenvalue weighted by molar-refractivity contribution is 6.13. The molecule has 4 aromatic rings. The molecule has 154 valence electrons. The number of halogens is 1. The van der Waals surface area contributed by atoms with E-state index >= 15 is 0 Å². The number of benzene rings is 2. The SMILES string of the molecule is Cc1noc2nc(-c3ccccc3F)cc(C(=O)Nc3ccc4c(c3)NC(=O)CO4)c12. The molecule has 0 radical (unpaired) electrons. The highest BCUT2D eigenvalue weighted by Crippen LogP contribution is 2.32. The molecular formula is C22H15FN4O4. The average molecular weight is 418 g/mol. The van der Waals surface area contributed by atoms with E-state index in [0.29, 0.717) is 28.2 Å². The average Bonchev–Trinajstić information content (AvgIpc) is 3.14. The van der Waals surface area contributed by atoms with Crippen LogP contribution in [0.15, 0.2) is 53.1 Å². The number of ether oxygens (including phenoxy) is 1. The molecule has 9 heteroatoms. The van der Waals surface area contributed by atoms with Crippen molar-refractivity contribution in [3.63, 3.8) is 0 Å². The Balaban J connectivity index is 1.55. The predicted molar refractivity (Wildman–Crippen MR) is 110 cm³/mol. The standard InChI is InChI=1S/C22H15FN4O4/c1-11-20-14(9-16(26-22(20)31-27-11)13-4-2-3-5-15(13)23)21(29)24-12-6-7-18-17(8-12)25-19(28)10-30-18/h2-9H,10H2,1H3,(H,24,29)(H,25,28). The molecule has 0 spiro atoms. The van der Waals surface area contributed by atoms with E-state index in [-0.39, 0.29) is 35.0 Å². The van der Waals surface area contributed by atoms with Crippen LogP contribution in [0.2, 0.25) is 0 Å². The van der Waals surface area contributed by atoms with Crippen LogP contribution in [-0.2, 0) is 4.79 Å². The van der Waals surface area contributed by atoms with E-state index in [1.54, 1.807) is 43.3 Å². The monoisotopic (exact) mass is 418 g/mol. The maximum absolute atomic E-state index is 14.3. The van der Waals surface area contributed by atoms with Crippen molar-refractivity contribution in [3.8, 4) is 17.0 Å². The van der Waals surface area contributed by atoms with E-state index in [9.17, 15) is 14.0 Å². The normalized spacial score (nSPS) is 12.8. The van der Waals surface area contributed by atoms with Gasteiger partial charge in [0.15, 0.2) is 6.61 Å². The van der Waals surface area contributed by atoms with Gasteiger partial charge in [0, 0.05) is 11.3 Å². The lowest BCUT2D eigenvalue weighted by Gasteiger charge is -2.18. The number of anilines is 2. The summed E-state index contributed by atoms with van der Waals surface area (Å²) in [5.74, 6) is -0.691. The second kappa shape index (κ2) is 7.21. The molecule has 0 aliphatic carbocycles. The largest absolute Gasteiger partial charge is 0.482 e. The molecule has 2 aromatic carbocycles. The number of hydrogen-bond donors (Lipinski definition) is 2. The van der Waals surface area contributed by atoms with Crippen LogP contribution >= 0.6 is 0 Å². The van der Waals surface area contributed by atoms with Crippen LogP contribution in [-0.4, -0.2) is 28.6 Å². The van der Waals surface area contributed by atoms with Gasteiger partial charge in [-0.3, -0.25) is 9.59 Å². The number of fused-ring (bicyclic) bond motifs is 2. The predicted octanol–water partition coefficient (Wildman–Crippen LogP) is 3.92. The zero-order valence-corrected chi connectivity index (χ0v) is 16.2. The highest BCUT2D eigenvalue weighted by Gasteiger charge is 2.22. The van der Waals surface area contributed by atoms with Crippen molar-refractivity contribution in [2.24, 2.45) is 0 Å². The molecule has 0 unspecified atom stereocenters. The Labute approximate surface area is 175 Å². The first-order chi connectivity index (χ1) is 15.0. The first-order valence-corrected chi connectivity index (χ1v) is 9.39. The van der Waals surface area contributed by atoms with Crippen LogP contribution < -0.4 is 15.4 Å². The summed E-state index contributed by atoms with van der Waals surface area (Å²) in [6.45, 7) is 1.64. The Bertz CT molecular complexity index is 1370. The number of nitrogens with one attached hydrogen (secondary N) is 2. The van der Waals surface area contributed by atoms with E-state index < -0.39 is 11.7 Å². The lowest BCUT2D eigenvalue weighted by Crippen LogP contribution is -2.25. The fourth-order valence-corrected chi connectivity index (χ4v) is 3.44. The van der Waals surface area contributed by atoms with Gasteiger partial charge in [-0.25, -0.2) is 9.37 Å². The lowest BCUT2D eigenvalue weighted by molar-refractivity contribution is -0.118. The fraction of sp³-hybridized carbons (Fsp3) is 0.0909. The molecule has 0 bridgehead atoms. The number of rotatable bonds is 3. The number of hydrogen-bond acceptors (Lipinski definition) is 6. The molecule has 1 aliphatic heterocycles.